The first-order chi connectivity index (χ1) is 8.15. The summed E-state index contributed by atoms with van der Waals surface area (Å²) in [5.41, 5.74) is 9.01. The summed E-state index contributed by atoms with van der Waals surface area (Å²) in [5.74, 6) is 1.16. The molecule has 1 unspecified atom stereocenters. The van der Waals surface area contributed by atoms with Crippen LogP contribution in [0.3, 0.4) is 0 Å². The summed E-state index contributed by atoms with van der Waals surface area (Å²) in [6, 6.07) is 6.54. The zero-order chi connectivity index (χ0) is 12.0. The molecule has 3 nitrogen and oxygen atoms in total. The van der Waals surface area contributed by atoms with E-state index in [0.717, 1.165) is 29.9 Å². The predicted octanol–water partition coefficient (Wildman–Crippen LogP) is 3.28. The fraction of sp³-hybridized carbons (Fsp3) is 0.429. The number of fused-ring (bicyclic) bond motifs is 3. The van der Waals surface area contributed by atoms with Crippen LogP contribution < -0.4 is 5.73 Å². The van der Waals surface area contributed by atoms with Crippen molar-refractivity contribution in [3.8, 4) is 0 Å². The second-order valence-corrected chi connectivity index (χ2v) is 5.12. The lowest BCUT2D eigenvalue weighted by atomic mass is 9.91. The Kier molecular flexibility index (Phi) is 5.13. The number of furan rings is 1. The van der Waals surface area contributed by atoms with Gasteiger partial charge in [0.2, 0.25) is 0 Å². The molecule has 3 rings (SSSR count). The number of aryl methyl sites for hydroxylation is 1. The van der Waals surface area contributed by atoms with Gasteiger partial charge in [-0.1, -0.05) is 0 Å². The van der Waals surface area contributed by atoms with Gasteiger partial charge in [-0.2, -0.15) is 0 Å². The van der Waals surface area contributed by atoms with E-state index in [2.05, 4.69) is 19.0 Å². The fourth-order valence-corrected chi connectivity index (χ4v) is 2.72. The molecule has 0 bridgehead atoms. The summed E-state index contributed by atoms with van der Waals surface area (Å²) in [5, 5.41) is 1.20. The van der Waals surface area contributed by atoms with E-state index in [0.29, 0.717) is 6.04 Å². The highest BCUT2D eigenvalue weighted by Gasteiger charge is 2.25. The third kappa shape index (κ3) is 2.83. The molecule has 1 aliphatic rings. The van der Waals surface area contributed by atoms with Crippen molar-refractivity contribution in [3.05, 3.63) is 29.5 Å². The minimum atomic E-state index is 0. The second-order valence-electron chi connectivity index (χ2n) is 5.12. The summed E-state index contributed by atoms with van der Waals surface area (Å²) >= 11 is 0. The van der Waals surface area contributed by atoms with Crippen LogP contribution in [0.15, 0.2) is 22.6 Å². The van der Waals surface area contributed by atoms with Gasteiger partial charge in [0.1, 0.15) is 11.3 Å². The highest BCUT2D eigenvalue weighted by Crippen LogP contribution is 2.33. The number of anilines is 1. The zero-order valence-corrected chi connectivity index (χ0v) is 12.8. The van der Waals surface area contributed by atoms with Gasteiger partial charge in [-0.3, -0.25) is 0 Å². The van der Waals surface area contributed by atoms with Crippen LogP contribution in [-0.2, 0) is 12.8 Å². The molecule has 1 aromatic carbocycles. The standard InChI is InChI=1S/C14H18N2O.2ClH/c1-16(2)10-4-6-14-12(8-10)11-7-9(15)3-5-13(11)17-14;;/h3,5,7,10H,4,6,8,15H2,1-2H3;2*1H. The Morgan fingerprint density at radius 3 is 2.68 bits per heavy atom. The van der Waals surface area contributed by atoms with E-state index in [9.17, 15) is 0 Å². The fourth-order valence-electron chi connectivity index (χ4n) is 2.72. The summed E-state index contributed by atoms with van der Waals surface area (Å²) in [4.78, 5) is 2.30. The smallest absolute Gasteiger partial charge is 0.134 e. The van der Waals surface area contributed by atoms with Gasteiger partial charge in [-0.25, -0.2) is 0 Å². The molecule has 0 saturated carbocycles. The van der Waals surface area contributed by atoms with E-state index in [-0.39, 0.29) is 24.8 Å². The second kappa shape index (κ2) is 6.04. The monoisotopic (exact) mass is 302 g/mol. The van der Waals surface area contributed by atoms with Gasteiger partial charge in [0.05, 0.1) is 0 Å². The van der Waals surface area contributed by atoms with Crippen molar-refractivity contribution in [2.75, 3.05) is 19.8 Å². The summed E-state index contributed by atoms with van der Waals surface area (Å²) in [6.45, 7) is 0. The molecular formula is C14H20Cl2N2O. The van der Waals surface area contributed by atoms with Gasteiger partial charge >= 0.3 is 0 Å². The molecule has 1 heterocycles. The zero-order valence-electron chi connectivity index (χ0n) is 11.2. The molecule has 0 spiro atoms. The number of rotatable bonds is 1. The van der Waals surface area contributed by atoms with Gasteiger partial charge in [-0.05, 0) is 45.1 Å². The van der Waals surface area contributed by atoms with Crippen LogP contribution in [0.2, 0.25) is 0 Å². The summed E-state index contributed by atoms with van der Waals surface area (Å²) < 4.78 is 5.90. The van der Waals surface area contributed by atoms with Crippen LogP contribution in [0.5, 0.6) is 0 Å². The lowest BCUT2D eigenvalue weighted by Crippen LogP contribution is -2.33. The first-order valence-corrected chi connectivity index (χ1v) is 6.11. The number of hydrogen-bond donors (Lipinski definition) is 1. The van der Waals surface area contributed by atoms with E-state index < -0.39 is 0 Å². The summed E-state index contributed by atoms with van der Waals surface area (Å²) in [7, 11) is 4.29. The van der Waals surface area contributed by atoms with Crippen LogP contribution in [-0.4, -0.2) is 25.0 Å². The van der Waals surface area contributed by atoms with Crippen molar-refractivity contribution in [1.82, 2.24) is 4.90 Å². The third-order valence-electron chi connectivity index (χ3n) is 3.77. The maximum Gasteiger partial charge on any atom is 0.134 e. The van der Waals surface area contributed by atoms with Crippen molar-refractivity contribution in [2.45, 2.75) is 25.3 Å². The maximum absolute atomic E-state index is 5.90. The van der Waals surface area contributed by atoms with Crippen molar-refractivity contribution < 1.29 is 4.42 Å². The van der Waals surface area contributed by atoms with E-state index in [1.165, 1.54) is 17.4 Å². The number of hydrogen-bond acceptors (Lipinski definition) is 3. The number of benzene rings is 1. The molecule has 1 atom stereocenters. The SMILES string of the molecule is CN(C)C1CCc2oc3ccc(N)cc3c2C1.Cl.Cl. The lowest BCUT2D eigenvalue weighted by Gasteiger charge is -2.27. The molecule has 1 aromatic heterocycles. The van der Waals surface area contributed by atoms with Crippen LogP contribution in [0.4, 0.5) is 5.69 Å². The number of nitrogens with two attached hydrogens (primary N) is 1. The number of nitrogens with zero attached hydrogens (tertiary/aromatic N) is 1. The topological polar surface area (TPSA) is 42.4 Å². The lowest BCUT2D eigenvalue weighted by molar-refractivity contribution is 0.261. The molecule has 0 saturated heterocycles. The number of likely N-dealkylation sites (N-methyl/N-ethyl adjacent to an activating group) is 1. The molecule has 0 aliphatic heterocycles. The van der Waals surface area contributed by atoms with Gasteiger partial charge < -0.3 is 15.1 Å². The molecule has 2 N–H and O–H groups in total. The first-order valence-electron chi connectivity index (χ1n) is 6.11. The Hall–Kier alpha value is -0.900. The molecule has 2 aromatic rings. The molecular weight excluding hydrogens is 283 g/mol. The van der Waals surface area contributed by atoms with Crippen molar-refractivity contribution in [1.29, 1.82) is 0 Å². The van der Waals surface area contributed by atoms with E-state index in [1.807, 2.05) is 18.2 Å². The van der Waals surface area contributed by atoms with E-state index >= 15 is 0 Å². The number of nitrogen functional groups attached to an aromatic ring is 1. The summed E-state index contributed by atoms with van der Waals surface area (Å²) in [6.07, 6.45) is 3.28. The van der Waals surface area contributed by atoms with Crippen LogP contribution in [0.25, 0.3) is 11.0 Å². The van der Waals surface area contributed by atoms with Gasteiger partial charge in [0.15, 0.2) is 0 Å². The molecule has 5 heteroatoms. The van der Waals surface area contributed by atoms with Crippen molar-refractivity contribution in [3.63, 3.8) is 0 Å². The highest BCUT2D eigenvalue weighted by atomic mass is 35.5. The van der Waals surface area contributed by atoms with Crippen LogP contribution in [0, 0.1) is 0 Å². The quantitative estimate of drug-likeness (QED) is 0.822. The average Bonchev–Trinajstić information content (AvgIpc) is 2.66. The molecule has 1 aliphatic carbocycles. The maximum atomic E-state index is 5.90. The van der Waals surface area contributed by atoms with Crippen molar-refractivity contribution >= 4 is 41.5 Å². The Bertz CT molecular complexity index is 566. The normalized spacial score (nSPS) is 17.7. The molecule has 0 amide bonds. The minimum Gasteiger partial charge on any atom is -0.461 e. The van der Waals surface area contributed by atoms with E-state index in [1.54, 1.807) is 0 Å². The first kappa shape index (κ1) is 16.2. The number of halogens is 2. The minimum absolute atomic E-state index is 0. The third-order valence-corrected chi connectivity index (χ3v) is 3.77. The predicted molar refractivity (Wildman–Crippen MR) is 84.6 cm³/mol. The average molecular weight is 303 g/mol. The Labute approximate surface area is 125 Å². The van der Waals surface area contributed by atoms with Crippen LogP contribution in [0.1, 0.15) is 17.7 Å². The Morgan fingerprint density at radius 1 is 1.26 bits per heavy atom. The molecule has 0 radical (unpaired) electrons. The van der Waals surface area contributed by atoms with Crippen LogP contribution >= 0.6 is 24.8 Å². The Balaban J connectivity index is 0.000000902. The molecule has 106 valence electrons. The highest BCUT2D eigenvalue weighted by molar-refractivity contribution is 5.86. The molecule has 0 fully saturated rings. The van der Waals surface area contributed by atoms with Crippen molar-refractivity contribution in [2.24, 2.45) is 0 Å². The van der Waals surface area contributed by atoms with Gasteiger partial charge in [0.25, 0.3) is 0 Å². The largest absolute Gasteiger partial charge is 0.461 e. The molecule has 19 heavy (non-hydrogen) atoms. The van der Waals surface area contributed by atoms with Gasteiger partial charge in [0, 0.05) is 29.1 Å². The Morgan fingerprint density at radius 2 is 2.00 bits per heavy atom. The van der Waals surface area contributed by atoms with Gasteiger partial charge in [-0.15, -0.1) is 24.8 Å². The van der Waals surface area contributed by atoms with E-state index in [4.69, 9.17) is 10.2 Å².